The van der Waals surface area contributed by atoms with Crippen LogP contribution in [0.15, 0.2) is 0 Å². The summed E-state index contributed by atoms with van der Waals surface area (Å²) >= 11 is 0. The lowest BCUT2D eigenvalue weighted by Gasteiger charge is -2.34. The largest absolute Gasteiger partial charge is 0.382 e. The molecule has 106 valence electrons. The molecule has 0 aromatic heterocycles. The highest BCUT2D eigenvalue weighted by molar-refractivity contribution is 4.87. The molecule has 2 saturated heterocycles. The van der Waals surface area contributed by atoms with Crippen LogP contribution in [-0.4, -0.2) is 64.1 Å². The van der Waals surface area contributed by atoms with Gasteiger partial charge in [0.15, 0.2) is 0 Å². The molecule has 0 bridgehead atoms. The lowest BCUT2D eigenvalue weighted by molar-refractivity contribution is 0.0490. The molecule has 0 radical (unpaired) electrons. The van der Waals surface area contributed by atoms with Gasteiger partial charge in [-0.05, 0) is 51.2 Å². The lowest BCUT2D eigenvalue weighted by atomic mass is 9.90. The first-order chi connectivity index (χ1) is 8.92. The van der Waals surface area contributed by atoms with Crippen molar-refractivity contribution in [2.75, 3.05) is 53.1 Å². The molecule has 2 heterocycles. The van der Waals surface area contributed by atoms with Crippen molar-refractivity contribution in [2.24, 2.45) is 5.92 Å². The topological polar surface area (TPSA) is 33.7 Å². The van der Waals surface area contributed by atoms with E-state index in [1.807, 2.05) is 0 Å². The summed E-state index contributed by atoms with van der Waals surface area (Å²) in [6, 6.07) is 0.795. The van der Waals surface area contributed by atoms with E-state index in [0.717, 1.165) is 31.7 Å². The van der Waals surface area contributed by atoms with Gasteiger partial charge in [-0.15, -0.1) is 0 Å². The first-order valence-corrected chi connectivity index (χ1v) is 7.43. The zero-order valence-corrected chi connectivity index (χ0v) is 11.7. The highest BCUT2D eigenvalue weighted by atomic mass is 16.5. The highest BCUT2D eigenvalue weighted by Crippen LogP contribution is 2.27. The smallest absolute Gasteiger partial charge is 0.0700 e. The van der Waals surface area contributed by atoms with Crippen molar-refractivity contribution in [1.29, 1.82) is 0 Å². The predicted molar refractivity (Wildman–Crippen MR) is 72.9 cm³/mol. The van der Waals surface area contributed by atoms with Gasteiger partial charge >= 0.3 is 0 Å². The minimum atomic E-state index is 0.704. The molecule has 0 amide bonds. The Bertz CT molecular complexity index is 220. The molecule has 0 aliphatic carbocycles. The summed E-state index contributed by atoms with van der Waals surface area (Å²) < 4.78 is 10.6. The van der Waals surface area contributed by atoms with Gasteiger partial charge < -0.3 is 14.8 Å². The van der Waals surface area contributed by atoms with Gasteiger partial charge in [-0.1, -0.05) is 0 Å². The fraction of sp³-hybridized carbons (Fsp3) is 1.00. The second kappa shape index (κ2) is 8.10. The van der Waals surface area contributed by atoms with Gasteiger partial charge in [0, 0.05) is 19.7 Å². The number of nitrogens with zero attached hydrogens (tertiary/aromatic N) is 1. The molecule has 1 N–H and O–H groups in total. The van der Waals surface area contributed by atoms with Crippen molar-refractivity contribution in [1.82, 2.24) is 10.2 Å². The fourth-order valence-corrected chi connectivity index (χ4v) is 3.30. The van der Waals surface area contributed by atoms with Gasteiger partial charge in [-0.25, -0.2) is 0 Å². The van der Waals surface area contributed by atoms with Crippen molar-refractivity contribution in [3.05, 3.63) is 0 Å². The Hall–Kier alpha value is -0.160. The number of rotatable bonds is 7. The van der Waals surface area contributed by atoms with Crippen LogP contribution in [0.3, 0.4) is 0 Å². The Morgan fingerprint density at radius 3 is 2.89 bits per heavy atom. The first-order valence-electron chi connectivity index (χ1n) is 7.43. The SMILES string of the molecule is COCCOCCN1CCCC1C1CCCNC1. The Kier molecular flexibility index (Phi) is 6.41. The van der Waals surface area contributed by atoms with Crippen molar-refractivity contribution >= 4 is 0 Å². The fourth-order valence-electron chi connectivity index (χ4n) is 3.30. The van der Waals surface area contributed by atoms with Gasteiger partial charge in [0.25, 0.3) is 0 Å². The van der Waals surface area contributed by atoms with Gasteiger partial charge in [0.1, 0.15) is 0 Å². The molecule has 2 atom stereocenters. The molecule has 0 saturated carbocycles. The normalized spacial score (nSPS) is 29.8. The van der Waals surface area contributed by atoms with Gasteiger partial charge in [-0.3, -0.25) is 4.90 Å². The van der Waals surface area contributed by atoms with Crippen LogP contribution < -0.4 is 5.32 Å². The summed E-state index contributed by atoms with van der Waals surface area (Å²) in [6.45, 7) is 7.05. The van der Waals surface area contributed by atoms with E-state index in [2.05, 4.69) is 10.2 Å². The zero-order valence-electron chi connectivity index (χ0n) is 11.7. The minimum Gasteiger partial charge on any atom is -0.382 e. The molecule has 4 heteroatoms. The Morgan fingerprint density at radius 2 is 2.11 bits per heavy atom. The summed E-state index contributed by atoms with van der Waals surface area (Å²) in [6.07, 6.45) is 5.49. The van der Waals surface area contributed by atoms with Crippen molar-refractivity contribution < 1.29 is 9.47 Å². The highest BCUT2D eigenvalue weighted by Gasteiger charge is 2.31. The first kappa shape index (κ1) is 14.3. The quantitative estimate of drug-likeness (QED) is 0.692. The standard InChI is InChI=1S/C14H28N2O2/c1-17-10-11-18-9-8-16-7-3-5-14(16)13-4-2-6-15-12-13/h13-15H,2-12H2,1H3. The van der Waals surface area contributed by atoms with Crippen LogP contribution in [0.25, 0.3) is 0 Å². The summed E-state index contributed by atoms with van der Waals surface area (Å²) in [7, 11) is 1.72. The zero-order chi connectivity index (χ0) is 12.6. The van der Waals surface area contributed by atoms with Crippen LogP contribution in [0, 0.1) is 5.92 Å². The third kappa shape index (κ3) is 4.19. The third-order valence-corrected chi connectivity index (χ3v) is 4.25. The number of likely N-dealkylation sites (tertiary alicyclic amines) is 1. The van der Waals surface area contributed by atoms with Crippen LogP contribution in [0.4, 0.5) is 0 Å². The molecule has 2 aliphatic heterocycles. The Morgan fingerprint density at radius 1 is 1.17 bits per heavy atom. The maximum atomic E-state index is 5.59. The van der Waals surface area contributed by atoms with Gasteiger partial charge in [-0.2, -0.15) is 0 Å². The Balaban J connectivity index is 1.66. The van der Waals surface area contributed by atoms with E-state index in [0.29, 0.717) is 6.61 Å². The molecule has 18 heavy (non-hydrogen) atoms. The molecule has 4 nitrogen and oxygen atoms in total. The molecule has 2 rings (SSSR count). The van der Waals surface area contributed by atoms with E-state index in [4.69, 9.17) is 9.47 Å². The van der Waals surface area contributed by atoms with Crippen molar-refractivity contribution in [3.8, 4) is 0 Å². The van der Waals surface area contributed by atoms with Gasteiger partial charge in [0.2, 0.25) is 0 Å². The second-order valence-corrected chi connectivity index (χ2v) is 5.46. The summed E-state index contributed by atoms with van der Waals surface area (Å²) in [4.78, 5) is 2.64. The maximum Gasteiger partial charge on any atom is 0.0700 e. The van der Waals surface area contributed by atoms with Gasteiger partial charge in [0.05, 0.1) is 19.8 Å². The summed E-state index contributed by atoms with van der Waals surface area (Å²) in [5.41, 5.74) is 0. The molecule has 2 fully saturated rings. The molecule has 0 aromatic carbocycles. The van der Waals surface area contributed by atoms with E-state index in [9.17, 15) is 0 Å². The van der Waals surface area contributed by atoms with E-state index in [1.165, 1.54) is 45.3 Å². The summed E-state index contributed by atoms with van der Waals surface area (Å²) in [5, 5.41) is 3.54. The van der Waals surface area contributed by atoms with E-state index >= 15 is 0 Å². The van der Waals surface area contributed by atoms with Crippen LogP contribution in [0.1, 0.15) is 25.7 Å². The average molecular weight is 256 g/mol. The molecule has 2 aliphatic rings. The van der Waals surface area contributed by atoms with Crippen LogP contribution in [-0.2, 0) is 9.47 Å². The van der Waals surface area contributed by atoms with Crippen LogP contribution >= 0.6 is 0 Å². The van der Waals surface area contributed by atoms with Crippen LogP contribution in [0.5, 0.6) is 0 Å². The third-order valence-electron chi connectivity index (χ3n) is 4.25. The number of nitrogens with one attached hydrogen (secondary N) is 1. The predicted octanol–water partition coefficient (Wildman–Crippen LogP) is 1.11. The molecule has 0 spiro atoms. The van der Waals surface area contributed by atoms with Crippen molar-refractivity contribution in [2.45, 2.75) is 31.7 Å². The number of hydrogen-bond donors (Lipinski definition) is 1. The minimum absolute atomic E-state index is 0.704. The number of methoxy groups -OCH3 is 1. The number of ether oxygens (including phenoxy) is 2. The molecule has 2 unspecified atom stereocenters. The summed E-state index contributed by atoms with van der Waals surface area (Å²) in [5.74, 6) is 0.861. The molecule has 0 aromatic rings. The second-order valence-electron chi connectivity index (χ2n) is 5.46. The number of piperidine rings is 1. The van der Waals surface area contributed by atoms with E-state index < -0.39 is 0 Å². The average Bonchev–Trinajstić information content (AvgIpc) is 2.88. The molecular weight excluding hydrogens is 228 g/mol. The lowest BCUT2D eigenvalue weighted by Crippen LogP contribution is -2.44. The molecular formula is C14H28N2O2. The van der Waals surface area contributed by atoms with Crippen LogP contribution in [0.2, 0.25) is 0 Å². The van der Waals surface area contributed by atoms with E-state index in [1.54, 1.807) is 7.11 Å². The Labute approximate surface area is 111 Å². The monoisotopic (exact) mass is 256 g/mol. The van der Waals surface area contributed by atoms with Crippen molar-refractivity contribution in [3.63, 3.8) is 0 Å². The van der Waals surface area contributed by atoms with E-state index in [-0.39, 0.29) is 0 Å². The number of hydrogen-bond acceptors (Lipinski definition) is 4. The maximum absolute atomic E-state index is 5.59.